The molecule has 0 saturated carbocycles. The zero-order valence-electron chi connectivity index (χ0n) is 12.2. The average Bonchev–Trinajstić information content (AvgIpc) is 2.86. The van der Waals surface area contributed by atoms with Gasteiger partial charge >= 0.3 is 0 Å². The molecule has 19 heavy (non-hydrogen) atoms. The van der Waals surface area contributed by atoms with Crippen molar-refractivity contribution in [3.63, 3.8) is 0 Å². The Balaban J connectivity index is 2.13. The van der Waals surface area contributed by atoms with Crippen molar-refractivity contribution in [3.05, 3.63) is 30.0 Å². The fraction of sp³-hybridized carbons (Fsp3) is 0.500. The summed E-state index contributed by atoms with van der Waals surface area (Å²) in [7, 11) is 1.72. The van der Waals surface area contributed by atoms with E-state index in [1.165, 1.54) is 23.9 Å². The lowest BCUT2D eigenvalue weighted by Crippen LogP contribution is -2.26. The SMILES string of the molecule is CCCN(CC)CCc1c[nH]c2c(OC)cccc12. The molecule has 0 aliphatic carbocycles. The van der Waals surface area contributed by atoms with Crippen LogP contribution >= 0.6 is 0 Å². The first-order valence-electron chi connectivity index (χ1n) is 7.15. The van der Waals surface area contributed by atoms with Crippen molar-refractivity contribution in [2.24, 2.45) is 0 Å². The van der Waals surface area contributed by atoms with Crippen molar-refractivity contribution in [1.82, 2.24) is 9.88 Å². The van der Waals surface area contributed by atoms with Crippen LogP contribution in [-0.2, 0) is 6.42 Å². The van der Waals surface area contributed by atoms with Gasteiger partial charge in [0.2, 0.25) is 0 Å². The summed E-state index contributed by atoms with van der Waals surface area (Å²) in [5, 5.41) is 1.28. The molecule has 3 nitrogen and oxygen atoms in total. The Hall–Kier alpha value is -1.48. The first-order chi connectivity index (χ1) is 9.30. The maximum absolute atomic E-state index is 5.38. The monoisotopic (exact) mass is 260 g/mol. The molecule has 0 saturated heterocycles. The first-order valence-corrected chi connectivity index (χ1v) is 7.15. The molecule has 0 aliphatic heterocycles. The van der Waals surface area contributed by atoms with E-state index in [4.69, 9.17) is 4.74 Å². The van der Waals surface area contributed by atoms with Gasteiger partial charge in [0.15, 0.2) is 0 Å². The van der Waals surface area contributed by atoms with Crippen LogP contribution in [0.5, 0.6) is 5.75 Å². The Bertz CT molecular complexity index is 518. The summed E-state index contributed by atoms with van der Waals surface area (Å²) >= 11 is 0. The number of hydrogen-bond donors (Lipinski definition) is 1. The van der Waals surface area contributed by atoms with E-state index >= 15 is 0 Å². The Kier molecular flexibility index (Phi) is 4.86. The number of H-pyrrole nitrogens is 1. The van der Waals surface area contributed by atoms with E-state index in [2.05, 4.69) is 42.1 Å². The molecule has 0 amide bonds. The van der Waals surface area contributed by atoms with Crippen LogP contribution in [0.3, 0.4) is 0 Å². The second kappa shape index (κ2) is 6.62. The van der Waals surface area contributed by atoms with E-state index in [-0.39, 0.29) is 0 Å². The smallest absolute Gasteiger partial charge is 0.142 e. The van der Waals surface area contributed by atoms with Crippen molar-refractivity contribution in [3.8, 4) is 5.75 Å². The third kappa shape index (κ3) is 3.10. The second-order valence-corrected chi connectivity index (χ2v) is 4.88. The van der Waals surface area contributed by atoms with E-state index < -0.39 is 0 Å². The summed E-state index contributed by atoms with van der Waals surface area (Å²) in [6, 6.07) is 6.22. The minimum atomic E-state index is 0.921. The number of aromatic amines is 1. The Labute approximate surface area is 115 Å². The molecule has 0 atom stereocenters. The number of aromatic nitrogens is 1. The number of ether oxygens (including phenoxy) is 1. The molecule has 0 bridgehead atoms. The van der Waals surface area contributed by atoms with Gasteiger partial charge in [0, 0.05) is 18.1 Å². The molecule has 2 rings (SSSR count). The first kappa shape index (κ1) is 13.9. The average molecular weight is 260 g/mol. The molecule has 104 valence electrons. The van der Waals surface area contributed by atoms with Gasteiger partial charge in [0.1, 0.15) is 5.75 Å². The van der Waals surface area contributed by atoms with Crippen molar-refractivity contribution >= 4 is 10.9 Å². The number of hydrogen-bond acceptors (Lipinski definition) is 2. The Morgan fingerprint density at radius 3 is 2.74 bits per heavy atom. The van der Waals surface area contributed by atoms with Gasteiger partial charge < -0.3 is 14.6 Å². The molecule has 3 heteroatoms. The zero-order valence-corrected chi connectivity index (χ0v) is 12.2. The van der Waals surface area contributed by atoms with E-state index in [9.17, 15) is 0 Å². The molecule has 2 aromatic rings. The molecule has 1 N–H and O–H groups in total. The standard InChI is InChI=1S/C16H24N2O/c1-4-10-18(5-2)11-9-13-12-17-16-14(13)7-6-8-15(16)19-3/h6-8,12,17H,4-5,9-11H2,1-3H3. The summed E-state index contributed by atoms with van der Waals surface area (Å²) in [5.41, 5.74) is 2.49. The number of nitrogens with one attached hydrogen (secondary N) is 1. The van der Waals surface area contributed by atoms with E-state index in [0.29, 0.717) is 0 Å². The molecule has 0 spiro atoms. The van der Waals surface area contributed by atoms with Crippen LogP contribution in [-0.4, -0.2) is 36.6 Å². The molecule has 0 fully saturated rings. The van der Waals surface area contributed by atoms with E-state index in [1.54, 1.807) is 7.11 Å². The third-order valence-corrected chi connectivity index (χ3v) is 3.67. The summed E-state index contributed by atoms with van der Waals surface area (Å²) in [6.07, 6.45) is 4.42. The number of likely N-dealkylation sites (N-methyl/N-ethyl adjacent to an activating group) is 1. The van der Waals surface area contributed by atoms with Gasteiger partial charge in [-0.25, -0.2) is 0 Å². The largest absolute Gasteiger partial charge is 0.495 e. The van der Waals surface area contributed by atoms with Crippen LogP contribution in [0.4, 0.5) is 0 Å². The van der Waals surface area contributed by atoms with E-state index in [0.717, 1.165) is 30.8 Å². The summed E-state index contributed by atoms with van der Waals surface area (Å²) in [4.78, 5) is 5.84. The summed E-state index contributed by atoms with van der Waals surface area (Å²) in [6.45, 7) is 7.89. The third-order valence-electron chi connectivity index (χ3n) is 3.67. The molecular formula is C16H24N2O. The topological polar surface area (TPSA) is 28.3 Å². The number of methoxy groups -OCH3 is 1. The van der Waals surface area contributed by atoms with Gasteiger partial charge in [-0.1, -0.05) is 26.0 Å². The van der Waals surface area contributed by atoms with Gasteiger partial charge in [-0.3, -0.25) is 0 Å². The highest BCUT2D eigenvalue weighted by atomic mass is 16.5. The summed E-state index contributed by atoms with van der Waals surface area (Å²) < 4.78 is 5.38. The highest BCUT2D eigenvalue weighted by molar-refractivity contribution is 5.88. The molecule has 0 unspecified atom stereocenters. The molecule has 0 aliphatic rings. The van der Waals surface area contributed by atoms with Gasteiger partial charge in [-0.05, 0) is 37.6 Å². The second-order valence-electron chi connectivity index (χ2n) is 4.88. The van der Waals surface area contributed by atoms with Crippen LogP contribution in [0, 0.1) is 0 Å². The highest BCUT2D eigenvalue weighted by Crippen LogP contribution is 2.27. The van der Waals surface area contributed by atoms with Crippen LogP contribution in [0.1, 0.15) is 25.8 Å². The minimum absolute atomic E-state index is 0.921. The lowest BCUT2D eigenvalue weighted by atomic mass is 10.1. The van der Waals surface area contributed by atoms with Crippen LogP contribution < -0.4 is 4.74 Å². The maximum Gasteiger partial charge on any atom is 0.142 e. The molecule has 0 radical (unpaired) electrons. The molecule has 1 aromatic heterocycles. The molecular weight excluding hydrogens is 236 g/mol. The van der Waals surface area contributed by atoms with Crippen molar-refractivity contribution < 1.29 is 4.74 Å². The van der Waals surface area contributed by atoms with Gasteiger partial charge in [0.25, 0.3) is 0 Å². The predicted molar refractivity (Wildman–Crippen MR) is 81.0 cm³/mol. The predicted octanol–water partition coefficient (Wildman–Crippen LogP) is 3.45. The van der Waals surface area contributed by atoms with Gasteiger partial charge in [-0.15, -0.1) is 0 Å². The maximum atomic E-state index is 5.38. The van der Waals surface area contributed by atoms with Crippen LogP contribution in [0.15, 0.2) is 24.4 Å². The minimum Gasteiger partial charge on any atom is -0.495 e. The quantitative estimate of drug-likeness (QED) is 0.826. The fourth-order valence-electron chi connectivity index (χ4n) is 2.58. The normalized spacial score (nSPS) is 11.4. The zero-order chi connectivity index (χ0) is 13.7. The number of para-hydroxylation sites is 1. The Morgan fingerprint density at radius 2 is 2.05 bits per heavy atom. The number of nitrogens with zero attached hydrogens (tertiary/aromatic N) is 1. The number of fused-ring (bicyclic) bond motifs is 1. The highest BCUT2D eigenvalue weighted by Gasteiger charge is 2.09. The molecule has 1 heterocycles. The Morgan fingerprint density at radius 1 is 1.21 bits per heavy atom. The molecule has 1 aromatic carbocycles. The number of benzene rings is 1. The van der Waals surface area contributed by atoms with Crippen LogP contribution in [0.25, 0.3) is 10.9 Å². The fourth-order valence-corrected chi connectivity index (χ4v) is 2.58. The van der Waals surface area contributed by atoms with Gasteiger partial charge in [0.05, 0.1) is 12.6 Å². The van der Waals surface area contributed by atoms with Crippen molar-refractivity contribution in [2.75, 3.05) is 26.7 Å². The lowest BCUT2D eigenvalue weighted by Gasteiger charge is -2.19. The number of rotatable bonds is 7. The summed E-state index contributed by atoms with van der Waals surface area (Å²) in [5.74, 6) is 0.921. The van der Waals surface area contributed by atoms with Crippen molar-refractivity contribution in [1.29, 1.82) is 0 Å². The van der Waals surface area contributed by atoms with Gasteiger partial charge in [-0.2, -0.15) is 0 Å². The van der Waals surface area contributed by atoms with E-state index in [1.807, 2.05) is 6.07 Å². The van der Waals surface area contributed by atoms with Crippen molar-refractivity contribution in [2.45, 2.75) is 26.7 Å². The lowest BCUT2D eigenvalue weighted by molar-refractivity contribution is 0.293. The van der Waals surface area contributed by atoms with Crippen LogP contribution in [0.2, 0.25) is 0 Å².